The van der Waals surface area contributed by atoms with E-state index < -0.39 is 0 Å². The summed E-state index contributed by atoms with van der Waals surface area (Å²) in [6.45, 7) is 11.1. The molecule has 0 aromatic heterocycles. The van der Waals surface area contributed by atoms with Gasteiger partial charge in [-0.2, -0.15) is 0 Å². The molecular formula is C15H25NO2. The van der Waals surface area contributed by atoms with Crippen molar-refractivity contribution in [2.24, 2.45) is 0 Å². The molecule has 3 nitrogen and oxygen atoms in total. The first kappa shape index (κ1) is 15.2. The lowest BCUT2D eigenvalue weighted by Gasteiger charge is -2.17. The summed E-state index contributed by atoms with van der Waals surface area (Å²) in [7, 11) is 0. The van der Waals surface area contributed by atoms with Crippen LogP contribution in [0.4, 0.5) is 0 Å². The molecule has 1 rings (SSSR count). The van der Waals surface area contributed by atoms with Crippen LogP contribution in [-0.2, 0) is 16.0 Å². The monoisotopic (exact) mass is 251 g/mol. The second-order valence-electron chi connectivity index (χ2n) is 4.47. The van der Waals surface area contributed by atoms with E-state index in [0.717, 1.165) is 6.54 Å². The number of hydrogen-bond donors (Lipinski definition) is 1. The minimum atomic E-state index is -0.147. The van der Waals surface area contributed by atoms with E-state index in [1.54, 1.807) is 0 Å². The molecule has 0 atom stereocenters. The quantitative estimate of drug-likeness (QED) is 0.721. The van der Waals surface area contributed by atoms with E-state index >= 15 is 0 Å². The number of ether oxygens (including phenoxy) is 2. The molecule has 0 fully saturated rings. The fourth-order valence-electron chi connectivity index (χ4n) is 2.04. The van der Waals surface area contributed by atoms with E-state index in [1.165, 1.54) is 16.7 Å². The maximum atomic E-state index is 5.48. The Bertz CT molecular complexity index is 326. The third-order valence-corrected chi connectivity index (χ3v) is 2.63. The summed E-state index contributed by atoms with van der Waals surface area (Å²) in [6.07, 6.45) is -0.147. The summed E-state index contributed by atoms with van der Waals surface area (Å²) < 4.78 is 11.0. The van der Waals surface area contributed by atoms with Gasteiger partial charge in [-0.15, -0.1) is 0 Å². The van der Waals surface area contributed by atoms with Gasteiger partial charge in [0, 0.05) is 26.3 Å². The van der Waals surface area contributed by atoms with Crippen molar-refractivity contribution in [3.63, 3.8) is 0 Å². The molecule has 0 saturated carbocycles. The third-order valence-electron chi connectivity index (χ3n) is 2.63. The van der Waals surface area contributed by atoms with Crippen molar-refractivity contribution in [1.82, 2.24) is 5.32 Å². The predicted molar refractivity (Wildman–Crippen MR) is 74.7 cm³/mol. The Morgan fingerprint density at radius 3 is 2.06 bits per heavy atom. The largest absolute Gasteiger partial charge is 0.352 e. The molecule has 1 aromatic rings. The van der Waals surface area contributed by atoms with E-state index in [0.29, 0.717) is 19.8 Å². The van der Waals surface area contributed by atoms with E-state index in [4.69, 9.17) is 9.47 Å². The van der Waals surface area contributed by atoms with Crippen molar-refractivity contribution in [3.05, 3.63) is 34.9 Å². The van der Waals surface area contributed by atoms with Crippen LogP contribution in [0.3, 0.4) is 0 Å². The van der Waals surface area contributed by atoms with Gasteiger partial charge in [0.05, 0.1) is 0 Å². The molecule has 0 heterocycles. The number of nitrogens with one attached hydrogen (secondary N) is 1. The van der Waals surface area contributed by atoms with Gasteiger partial charge in [-0.05, 0) is 33.3 Å². The van der Waals surface area contributed by atoms with E-state index in [-0.39, 0.29) is 6.29 Å². The Balaban J connectivity index is 2.39. The van der Waals surface area contributed by atoms with Crippen LogP contribution >= 0.6 is 0 Å². The highest BCUT2D eigenvalue weighted by Crippen LogP contribution is 2.08. The first-order valence-electron chi connectivity index (χ1n) is 6.66. The fraction of sp³-hybridized carbons (Fsp3) is 0.600. The van der Waals surface area contributed by atoms with Crippen LogP contribution in [0.5, 0.6) is 0 Å². The van der Waals surface area contributed by atoms with Crippen LogP contribution in [0, 0.1) is 13.8 Å². The zero-order valence-electron chi connectivity index (χ0n) is 12.0. The lowest BCUT2D eigenvalue weighted by atomic mass is 10.1. The van der Waals surface area contributed by atoms with Crippen LogP contribution in [-0.4, -0.2) is 26.0 Å². The van der Waals surface area contributed by atoms with Crippen molar-refractivity contribution < 1.29 is 9.47 Å². The van der Waals surface area contributed by atoms with Crippen molar-refractivity contribution in [2.75, 3.05) is 19.8 Å². The average molecular weight is 251 g/mol. The molecule has 3 heteroatoms. The molecule has 18 heavy (non-hydrogen) atoms. The highest BCUT2D eigenvalue weighted by Gasteiger charge is 2.06. The topological polar surface area (TPSA) is 30.5 Å². The summed E-state index contributed by atoms with van der Waals surface area (Å²) in [4.78, 5) is 0. The van der Waals surface area contributed by atoms with Gasteiger partial charge >= 0.3 is 0 Å². The highest BCUT2D eigenvalue weighted by atomic mass is 16.7. The van der Waals surface area contributed by atoms with Gasteiger partial charge in [-0.25, -0.2) is 0 Å². The van der Waals surface area contributed by atoms with Crippen molar-refractivity contribution in [3.8, 4) is 0 Å². The maximum absolute atomic E-state index is 5.48. The number of rotatable bonds is 8. The predicted octanol–water partition coefficient (Wildman–Crippen LogP) is 2.79. The molecule has 0 spiro atoms. The van der Waals surface area contributed by atoms with E-state index in [9.17, 15) is 0 Å². The number of aryl methyl sites for hydroxylation is 2. The van der Waals surface area contributed by atoms with Crippen LogP contribution in [0.1, 0.15) is 30.5 Å². The molecule has 1 N–H and O–H groups in total. The number of benzene rings is 1. The Morgan fingerprint density at radius 1 is 1.00 bits per heavy atom. The van der Waals surface area contributed by atoms with Crippen LogP contribution in [0.15, 0.2) is 18.2 Å². The van der Waals surface area contributed by atoms with Crippen LogP contribution < -0.4 is 5.32 Å². The third kappa shape index (κ3) is 5.63. The minimum absolute atomic E-state index is 0.147. The summed E-state index contributed by atoms with van der Waals surface area (Å²) >= 11 is 0. The van der Waals surface area contributed by atoms with Crippen LogP contribution in [0.2, 0.25) is 0 Å². The first-order chi connectivity index (χ1) is 8.65. The van der Waals surface area contributed by atoms with Gasteiger partial charge in [-0.3, -0.25) is 0 Å². The molecule has 0 bridgehead atoms. The molecule has 1 aromatic carbocycles. The molecule has 0 aliphatic heterocycles. The first-order valence-corrected chi connectivity index (χ1v) is 6.66. The fourth-order valence-corrected chi connectivity index (χ4v) is 2.04. The van der Waals surface area contributed by atoms with Crippen molar-refractivity contribution in [2.45, 2.75) is 40.5 Å². The van der Waals surface area contributed by atoms with Gasteiger partial charge in [0.25, 0.3) is 0 Å². The van der Waals surface area contributed by atoms with E-state index in [1.807, 2.05) is 13.8 Å². The Kier molecular flexibility index (Phi) is 6.94. The van der Waals surface area contributed by atoms with Gasteiger partial charge < -0.3 is 14.8 Å². The second-order valence-corrected chi connectivity index (χ2v) is 4.47. The lowest BCUT2D eigenvalue weighted by Crippen LogP contribution is -2.31. The molecule has 0 radical (unpaired) electrons. The number of hydrogen-bond acceptors (Lipinski definition) is 3. The maximum Gasteiger partial charge on any atom is 0.169 e. The molecule has 0 aliphatic rings. The standard InChI is InChI=1S/C15H25NO2/c1-5-17-15(18-6-2)11-16-10-14-8-12(3)7-13(4)9-14/h7-9,15-16H,5-6,10-11H2,1-4H3. The molecule has 0 saturated heterocycles. The van der Waals surface area contributed by atoms with Crippen molar-refractivity contribution >= 4 is 0 Å². The highest BCUT2D eigenvalue weighted by molar-refractivity contribution is 5.28. The average Bonchev–Trinajstić information content (AvgIpc) is 2.28. The van der Waals surface area contributed by atoms with Gasteiger partial charge in [0.15, 0.2) is 6.29 Å². The summed E-state index contributed by atoms with van der Waals surface area (Å²) in [6, 6.07) is 6.60. The van der Waals surface area contributed by atoms with Crippen molar-refractivity contribution in [1.29, 1.82) is 0 Å². The van der Waals surface area contributed by atoms with Gasteiger partial charge in [0.1, 0.15) is 0 Å². The smallest absolute Gasteiger partial charge is 0.169 e. The lowest BCUT2D eigenvalue weighted by molar-refractivity contribution is -0.133. The van der Waals surface area contributed by atoms with Crippen LogP contribution in [0.25, 0.3) is 0 Å². The van der Waals surface area contributed by atoms with Gasteiger partial charge in [-0.1, -0.05) is 29.3 Å². The molecule has 0 unspecified atom stereocenters. The molecule has 0 amide bonds. The summed E-state index contributed by atoms with van der Waals surface area (Å²) in [5.74, 6) is 0. The van der Waals surface area contributed by atoms with E-state index in [2.05, 4.69) is 37.4 Å². The van der Waals surface area contributed by atoms with Gasteiger partial charge in [0.2, 0.25) is 0 Å². The molecule has 0 aliphatic carbocycles. The summed E-state index contributed by atoms with van der Waals surface area (Å²) in [5, 5.41) is 3.38. The Morgan fingerprint density at radius 2 is 1.56 bits per heavy atom. The Labute approximate surface area is 110 Å². The SMILES string of the molecule is CCOC(CNCc1cc(C)cc(C)c1)OCC. The summed E-state index contributed by atoms with van der Waals surface area (Å²) in [5.41, 5.74) is 3.91. The minimum Gasteiger partial charge on any atom is -0.352 e. The normalized spacial score (nSPS) is 11.2. The second kappa shape index (κ2) is 8.25. The molecule has 102 valence electrons. The Hall–Kier alpha value is -0.900. The zero-order chi connectivity index (χ0) is 13.4. The molecular weight excluding hydrogens is 226 g/mol. The zero-order valence-corrected chi connectivity index (χ0v) is 12.0.